The quantitative estimate of drug-likeness (QED) is 0.571. The van der Waals surface area contributed by atoms with Gasteiger partial charge in [-0.15, -0.1) is 11.3 Å². The zero-order valence-corrected chi connectivity index (χ0v) is 18.2. The first kappa shape index (κ1) is 20.5. The molecule has 1 aliphatic heterocycles. The molecular formula is C24H28N4OS. The first-order chi connectivity index (χ1) is 14.7. The summed E-state index contributed by atoms with van der Waals surface area (Å²) in [6.45, 7) is 5.27. The van der Waals surface area contributed by atoms with Crippen molar-refractivity contribution in [3.05, 3.63) is 76.4 Å². The number of aromatic nitrogens is 2. The molecule has 6 heteroatoms. The van der Waals surface area contributed by atoms with Gasteiger partial charge in [0.1, 0.15) is 5.82 Å². The second-order valence-corrected chi connectivity index (χ2v) is 9.21. The highest BCUT2D eigenvalue weighted by Crippen LogP contribution is 2.25. The van der Waals surface area contributed by atoms with Gasteiger partial charge < -0.3 is 9.80 Å². The third kappa shape index (κ3) is 5.25. The predicted molar refractivity (Wildman–Crippen MR) is 122 cm³/mol. The summed E-state index contributed by atoms with van der Waals surface area (Å²) in [7, 11) is 0. The summed E-state index contributed by atoms with van der Waals surface area (Å²) in [6.07, 6.45) is 7.82. The van der Waals surface area contributed by atoms with Crippen LogP contribution >= 0.6 is 11.3 Å². The SMILES string of the molecule is Cc1ccc(CN(CCc2ccccc2)C(=O)C2CCN(c3cnccn3)CC2)s1. The van der Waals surface area contributed by atoms with Gasteiger partial charge in [-0.2, -0.15) is 0 Å². The van der Waals surface area contributed by atoms with E-state index in [1.807, 2.05) is 6.07 Å². The lowest BCUT2D eigenvalue weighted by Gasteiger charge is -2.34. The number of nitrogens with zero attached hydrogens (tertiary/aromatic N) is 4. The number of amides is 1. The lowest BCUT2D eigenvalue weighted by molar-refractivity contribution is -0.136. The van der Waals surface area contributed by atoms with Gasteiger partial charge in [-0.1, -0.05) is 30.3 Å². The molecule has 156 valence electrons. The van der Waals surface area contributed by atoms with Gasteiger partial charge in [-0.05, 0) is 43.9 Å². The molecule has 1 saturated heterocycles. The largest absolute Gasteiger partial charge is 0.355 e. The van der Waals surface area contributed by atoms with E-state index in [9.17, 15) is 4.79 Å². The van der Waals surface area contributed by atoms with Crippen LogP contribution < -0.4 is 4.90 Å². The van der Waals surface area contributed by atoms with E-state index in [1.54, 1.807) is 29.9 Å². The number of rotatable bonds is 7. The van der Waals surface area contributed by atoms with Crippen LogP contribution in [0.1, 0.15) is 28.2 Å². The number of thiophene rings is 1. The number of aryl methyl sites for hydroxylation is 1. The van der Waals surface area contributed by atoms with Gasteiger partial charge in [0, 0.05) is 47.7 Å². The van der Waals surface area contributed by atoms with Crippen LogP contribution in [0.3, 0.4) is 0 Å². The Morgan fingerprint density at radius 2 is 1.93 bits per heavy atom. The molecule has 1 aromatic carbocycles. The van der Waals surface area contributed by atoms with Gasteiger partial charge in [-0.25, -0.2) is 4.98 Å². The van der Waals surface area contributed by atoms with Crippen molar-refractivity contribution < 1.29 is 4.79 Å². The lowest BCUT2D eigenvalue weighted by Crippen LogP contribution is -2.43. The maximum absolute atomic E-state index is 13.5. The highest BCUT2D eigenvalue weighted by atomic mass is 32.1. The molecule has 0 spiro atoms. The van der Waals surface area contributed by atoms with Gasteiger partial charge >= 0.3 is 0 Å². The van der Waals surface area contributed by atoms with Crippen molar-refractivity contribution in [2.45, 2.75) is 32.7 Å². The number of piperidine rings is 1. The van der Waals surface area contributed by atoms with Crippen LogP contribution in [0.2, 0.25) is 0 Å². The number of benzene rings is 1. The predicted octanol–water partition coefficient (Wildman–Crippen LogP) is 4.33. The van der Waals surface area contributed by atoms with E-state index < -0.39 is 0 Å². The molecule has 0 atom stereocenters. The minimum absolute atomic E-state index is 0.0785. The van der Waals surface area contributed by atoms with Gasteiger partial charge in [0.05, 0.1) is 12.7 Å². The molecule has 2 aromatic heterocycles. The van der Waals surface area contributed by atoms with Crippen molar-refractivity contribution in [3.63, 3.8) is 0 Å². The standard InChI is InChI=1S/C24H28N4OS/c1-19-7-8-22(30-19)18-28(14-9-20-5-3-2-4-6-20)24(29)21-10-15-27(16-11-21)23-17-25-12-13-26-23/h2-8,12-13,17,21H,9-11,14-16,18H2,1H3. The van der Waals surface area contributed by atoms with Crippen LogP contribution in [0.25, 0.3) is 0 Å². The van der Waals surface area contributed by atoms with Gasteiger partial charge in [-0.3, -0.25) is 9.78 Å². The number of carbonyl (C=O) groups excluding carboxylic acids is 1. The average Bonchev–Trinajstić information content (AvgIpc) is 3.22. The second kappa shape index (κ2) is 9.85. The fourth-order valence-electron chi connectivity index (χ4n) is 4.00. The molecule has 0 bridgehead atoms. The summed E-state index contributed by atoms with van der Waals surface area (Å²) in [4.78, 5) is 28.9. The highest BCUT2D eigenvalue weighted by Gasteiger charge is 2.29. The Morgan fingerprint density at radius 1 is 1.13 bits per heavy atom. The first-order valence-corrected chi connectivity index (χ1v) is 11.4. The van der Waals surface area contributed by atoms with Gasteiger partial charge in [0.25, 0.3) is 0 Å². The van der Waals surface area contributed by atoms with E-state index in [0.29, 0.717) is 6.54 Å². The van der Waals surface area contributed by atoms with E-state index >= 15 is 0 Å². The van der Waals surface area contributed by atoms with Crippen LogP contribution in [0.15, 0.2) is 61.1 Å². The third-order valence-corrected chi connectivity index (χ3v) is 6.67. The van der Waals surface area contributed by atoms with Crippen LogP contribution in [-0.4, -0.2) is 40.4 Å². The molecule has 1 aliphatic rings. The number of anilines is 1. The minimum Gasteiger partial charge on any atom is -0.355 e. The molecule has 1 amide bonds. The first-order valence-electron chi connectivity index (χ1n) is 10.6. The molecule has 0 radical (unpaired) electrons. The Hall–Kier alpha value is -2.73. The Kier molecular flexibility index (Phi) is 6.74. The number of hydrogen-bond donors (Lipinski definition) is 0. The molecule has 3 heterocycles. The molecule has 3 aromatic rings. The Balaban J connectivity index is 1.41. The lowest BCUT2D eigenvalue weighted by atomic mass is 9.95. The Morgan fingerprint density at radius 3 is 2.60 bits per heavy atom. The van der Waals surface area contributed by atoms with E-state index in [2.05, 4.69) is 63.1 Å². The maximum Gasteiger partial charge on any atom is 0.226 e. The van der Waals surface area contributed by atoms with E-state index in [-0.39, 0.29) is 11.8 Å². The Labute approximate surface area is 182 Å². The second-order valence-electron chi connectivity index (χ2n) is 7.83. The van der Waals surface area contributed by atoms with E-state index in [4.69, 9.17) is 0 Å². The number of hydrogen-bond acceptors (Lipinski definition) is 5. The van der Waals surface area contributed by atoms with Crippen molar-refractivity contribution in [2.75, 3.05) is 24.5 Å². The summed E-state index contributed by atoms with van der Waals surface area (Å²) < 4.78 is 0. The summed E-state index contributed by atoms with van der Waals surface area (Å²) >= 11 is 1.78. The molecule has 1 fully saturated rings. The van der Waals surface area contributed by atoms with Crippen molar-refractivity contribution >= 4 is 23.1 Å². The molecule has 0 N–H and O–H groups in total. The molecule has 0 saturated carbocycles. The average molecular weight is 421 g/mol. The summed E-state index contributed by atoms with van der Waals surface area (Å²) in [5, 5.41) is 0. The normalized spacial score (nSPS) is 14.6. The monoisotopic (exact) mass is 420 g/mol. The van der Waals surface area contributed by atoms with Gasteiger partial charge in [0.2, 0.25) is 5.91 Å². The molecule has 0 unspecified atom stereocenters. The van der Waals surface area contributed by atoms with Crippen LogP contribution in [0.5, 0.6) is 0 Å². The fourth-order valence-corrected chi connectivity index (χ4v) is 4.91. The summed E-state index contributed by atoms with van der Waals surface area (Å²) in [5.41, 5.74) is 1.27. The van der Waals surface area contributed by atoms with Crippen LogP contribution in [-0.2, 0) is 17.8 Å². The third-order valence-electron chi connectivity index (χ3n) is 5.69. The topological polar surface area (TPSA) is 49.3 Å². The molecule has 0 aliphatic carbocycles. The highest BCUT2D eigenvalue weighted by molar-refractivity contribution is 7.11. The Bertz CT molecular complexity index is 936. The van der Waals surface area contributed by atoms with E-state index in [1.165, 1.54) is 15.3 Å². The van der Waals surface area contributed by atoms with Gasteiger partial charge in [0.15, 0.2) is 0 Å². The molecule has 5 nitrogen and oxygen atoms in total. The number of carbonyl (C=O) groups is 1. The van der Waals surface area contributed by atoms with Crippen molar-refractivity contribution in [3.8, 4) is 0 Å². The van der Waals surface area contributed by atoms with Crippen molar-refractivity contribution in [1.29, 1.82) is 0 Å². The molecule has 4 rings (SSSR count). The van der Waals surface area contributed by atoms with E-state index in [0.717, 1.165) is 44.7 Å². The molecule has 30 heavy (non-hydrogen) atoms. The summed E-state index contributed by atoms with van der Waals surface area (Å²) in [5.74, 6) is 1.27. The van der Waals surface area contributed by atoms with Crippen LogP contribution in [0, 0.1) is 12.8 Å². The minimum atomic E-state index is 0.0785. The zero-order chi connectivity index (χ0) is 20.8. The van der Waals surface area contributed by atoms with Crippen LogP contribution in [0.4, 0.5) is 5.82 Å². The van der Waals surface area contributed by atoms with Crippen molar-refractivity contribution in [1.82, 2.24) is 14.9 Å². The maximum atomic E-state index is 13.5. The fraction of sp³-hybridized carbons (Fsp3) is 0.375. The smallest absolute Gasteiger partial charge is 0.226 e. The molecular weight excluding hydrogens is 392 g/mol. The van der Waals surface area contributed by atoms with Crippen molar-refractivity contribution in [2.24, 2.45) is 5.92 Å². The zero-order valence-electron chi connectivity index (χ0n) is 17.4. The summed E-state index contributed by atoms with van der Waals surface area (Å²) in [6, 6.07) is 14.7.